The molecule has 0 aliphatic rings. The molecule has 0 heterocycles. The number of aliphatic carboxylic acids is 1. The largest absolute Gasteiger partial charge is 0.481 e. The lowest BCUT2D eigenvalue weighted by atomic mass is 10.1. The van der Waals surface area contributed by atoms with E-state index in [1.165, 1.54) is 0 Å². The van der Waals surface area contributed by atoms with Gasteiger partial charge in [-0.25, -0.2) is 0 Å². The minimum atomic E-state index is -0.842. The van der Waals surface area contributed by atoms with Crippen LogP contribution in [0.1, 0.15) is 6.42 Å². The third-order valence-electron chi connectivity index (χ3n) is 0.682. The molecule has 1 N–H and O–H groups in total. The molecule has 0 rings (SSSR count). The molecule has 0 aromatic rings. The Labute approximate surface area is 53.5 Å². The summed E-state index contributed by atoms with van der Waals surface area (Å²) in [5.41, 5.74) is 0. The average molecular weight is 136 g/mol. The summed E-state index contributed by atoms with van der Waals surface area (Å²) in [6.45, 7) is 3.48. The maximum absolute atomic E-state index is 9.87. The minimum absolute atomic E-state index is 0.0590. The van der Waals surface area contributed by atoms with E-state index in [9.17, 15) is 4.79 Å². The van der Waals surface area contributed by atoms with Crippen molar-refractivity contribution in [3.05, 3.63) is 6.92 Å². The Bertz CT molecular complexity index is 82.5. The molecule has 1 unspecified atom stereocenters. The third kappa shape index (κ3) is 3.93. The Morgan fingerprint density at radius 2 is 2.38 bits per heavy atom. The highest BCUT2D eigenvalue weighted by atomic mass is 35.5. The number of hydrogen-bond acceptors (Lipinski definition) is 1. The molecule has 2 nitrogen and oxygen atoms in total. The quantitative estimate of drug-likeness (QED) is 0.590. The fourth-order valence-electron chi connectivity index (χ4n) is 0.302. The average Bonchev–Trinajstić information content (AvgIpc) is 1.65. The van der Waals surface area contributed by atoms with Crippen LogP contribution < -0.4 is 0 Å². The van der Waals surface area contributed by atoms with Crippen LogP contribution in [-0.2, 0) is 4.79 Å². The standard InChI is InChI=1S/C5H8ClO2/c1-4(3-6)2-5(7)8/h4H,1-3H2,(H,7,8). The number of carboxylic acid groups (broad SMARTS) is 1. The summed E-state index contributed by atoms with van der Waals surface area (Å²) >= 11 is 5.27. The van der Waals surface area contributed by atoms with Crippen LogP contribution in [0.5, 0.6) is 0 Å². The highest BCUT2D eigenvalue weighted by Crippen LogP contribution is 2.01. The second kappa shape index (κ2) is 3.72. The molecule has 1 radical (unpaired) electrons. The van der Waals surface area contributed by atoms with Crippen LogP contribution in [-0.4, -0.2) is 17.0 Å². The normalized spacial score (nSPS) is 13.2. The van der Waals surface area contributed by atoms with E-state index in [0.29, 0.717) is 5.88 Å². The lowest BCUT2D eigenvalue weighted by Crippen LogP contribution is -2.04. The molecule has 0 spiro atoms. The highest BCUT2D eigenvalue weighted by molar-refractivity contribution is 6.18. The van der Waals surface area contributed by atoms with Gasteiger partial charge in [0.15, 0.2) is 0 Å². The molecule has 0 aromatic carbocycles. The summed E-state index contributed by atoms with van der Waals surface area (Å²) < 4.78 is 0. The monoisotopic (exact) mass is 135 g/mol. The zero-order valence-corrected chi connectivity index (χ0v) is 5.19. The van der Waals surface area contributed by atoms with E-state index in [1.54, 1.807) is 0 Å². The molecule has 0 aliphatic carbocycles. The molecule has 0 amide bonds. The first kappa shape index (κ1) is 7.76. The number of rotatable bonds is 3. The van der Waals surface area contributed by atoms with Crippen LogP contribution in [0.25, 0.3) is 0 Å². The fourth-order valence-corrected chi connectivity index (χ4v) is 0.411. The third-order valence-corrected chi connectivity index (χ3v) is 1.12. The van der Waals surface area contributed by atoms with Crippen LogP contribution >= 0.6 is 11.6 Å². The van der Waals surface area contributed by atoms with Gasteiger partial charge >= 0.3 is 5.97 Å². The van der Waals surface area contributed by atoms with Gasteiger partial charge in [0, 0.05) is 12.3 Å². The Hall–Kier alpha value is -0.240. The zero-order valence-electron chi connectivity index (χ0n) is 4.43. The number of hydrogen-bond donors (Lipinski definition) is 1. The van der Waals surface area contributed by atoms with Crippen molar-refractivity contribution in [1.29, 1.82) is 0 Å². The van der Waals surface area contributed by atoms with Crippen molar-refractivity contribution in [3.8, 4) is 0 Å². The predicted octanol–water partition coefficient (Wildman–Crippen LogP) is 1.15. The smallest absolute Gasteiger partial charge is 0.303 e. The van der Waals surface area contributed by atoms with Gasteiger partial charge in [-0.05, 0) is 12.8 Å². The van der Waals surface area contributed by atoms with Crippen LogP contribution in [0.15, 0.2) is 0 Å². The predicted molar refractivity (Wildman–Crippen MR) is 31.8 cm³/mol. The zero-order chi connectivity index (χ0) is 6.57. The number of carboxylic acids is 1. The number of halogens is 1. The summed E-state index contributed by atoms with van der Waals surface area (Å²) in [4.78, 5) is 9.87. The molecule has 0 saturated heterocycles. The van der Waals surface area contributed by atoms with Crippen molar-refractivity contribution in [2.75, 3.05) is 5.88 Å². The molecular formula is C5H8ClO2. The van der Waals surface area contributed by atoms with Crippen molar-refractivity contribution in [3.63, 3.8) is 0 Å². The lowest BCUT2D eigenvalue weighted by molar-refractivity contribution is -0.137. The molecule has 0 saturated carbocycles. The van der Waals surface area contributed by atoms with Crippen molar-refractivity contribution in [1.82, 2.24) is 0 Å². The minimum Gasteiger partial charge on any atom is -0.481 e. The summed E-state index contributed by atoms with van der Waals surface area (Å²) in [6.07, 6.45) is 0.0590. The second-order valence-corrected chi connectivity index (χ2v) is 1.93. The first-order valence-corrected chi connectivity index (χ1v) is 2.81. The maximum Gasteiger partial charge on any atom is 0.303 e. The molecule has 47 valence electrons. The molecule has 8 heavy (non-hydrogen) atoms. The van der Waals surface area contributed by atoms with Crippen molar-refractivity contribution >= 4 is 17.6 Å². The van der Waals surface area contributed by atoms with Gasteiger partial charge in [-0.1, -0.05) is 0 Å². The molecule has 0 aliphatic heterocycles. The van der Waals surface area contributed by atoms with E-state index in [1.807, 2.05) is 0 Å². The van der Waals surface area contributed by atoms with Gasteiger partial charge in [-0.3, -0.25) is 4.79 Å². The highest BCUT2D eigenvalue weighted by Gasteiger charge is 2.04. The molecule has 0 fully saturated rings. The van der Waals surface area contributed by atoms with Crippen molar-refractivity contribution < 1.29 is 9.90 Å². The summed E-state index contributed by atoms with van der Waals surface area (Å²) in [5.74, 6) is -0.688. The Morgan fingerprint density at radius 1 is 1.88 bits per heavy atom. The molecule has 0 aromatic heterocycles. The van der Waals surface area contributed by atoms with Gasteiger partial charge in [0.2, 0.25) is 0 Å². The van der Waals surface area contributed by atoms with Crippen LogP contribution in [0, 0.1) is 12.8 Å². The SMILES string of the molecule is [CH2]C(CCl)CC(=O)O. The van der Waals surface area contributed by atoms with Gasteiger partial charge in [-0.15, -0.1) is 11.6 Å². The van der Waals surface area contributed by atoms with Crippen molar-refractivity contribution in [2.45, 2.75) is 6.42 Å². The van der Waals surface area contributed by atoms with E-state index in [-0.39, 0.29) is 12.3 Å². The van der Waals surface area contributed by atoms with E-state index in [0.717, 1.165) is 0 Å². The van der Waals surface area contributed by atoms with Gasteiger partial charge < -0.3 is 5.11 Å². The molecular weight excluding hydrogens is 128 g/mol. The van der Waals surface area contributed by atoms with Gasteiger partial charge in [-0.2, -0.15) is 0 Å². The van der Waals surface area contributed by atoms with Gasteiger partial charge in [0.1, 0.15) is 0 Å². The molecule has 1 atom stereocenters. The van der Waals surface area contributed by atoms with Crippen molar-refractivity contribution in [2.24, 2.45) is 5.92 Å². The number of alkyl halides is 1. The molecule has 0 bridgehead atoms. The molecule has 3 heteroatoms. The van der Waals surface area contributed by atoms with E-state index < -0.39 is 5.97 Å². The maximum atomic E-state index is 9.87. The fraction of sp³-hybridized carbons (Fsp3) is 0.600. The Balaban J connectivity index is 3.24. The first-order valence-electron chi connectivity index (χ1n) is 2.27. The lowest BCUT2D eigenvalue weighted by Gasteiger charge is -1.99. The van der Waals surface area contributed by atoms with Crippen LogP contribution in [0.4, 0.5) is 0 Å². The van der Waals surface area contributed by atoms with Crippen LogP contribution in [0.2, 0.25) is 0 Å². The van der Waals surface area contributed by atoms with E-state index in [4.69, 9.17) is 16.7 Å². The topological polar surface area (TPSA) is 37.3 Å². The first-order chi connectivity index (χ1) is 3.66. The summed E-state index contributed by atoms with van der Waals surface area (Å²) in [7, 11) is 0. The number of carbonyl (C=O) groups is 1. The van der Waals surface area contributed by atoms with E-state index in [2.05, 4.69) is 6.92 Å². The summed E-state index contributed by atoms with van der Waals surface area (Å²) in [5, 5.41) is 8.12. The Kier molecular flexibility index (Phi) is 3.61. The van der Waals surface area contributed by atoms with Gasteiger partial charge in [0.25, 0.3) is 0 Å². The Morgan fingerprint density at radius 3 is 2.50 bits per heavy atom. The summed E-state index contributed by atoms with van der Waals surface area (Å²) in [6, 6.07) is 0. The van der Waals surface area contributed by atoms with Gasteiger partial charge in [0.05, 0.1) is 0 Å². The van der Waals surface area contributed by atoms with E-state index >= 15 is 0 Å². The van der Waals surface area contributed by atoms with Crippen LogP contribution in [0.3, 0.4) is 0 Å². The second-order valence-electron chi connectivity index (χ2n) is 1.62.